The van der Waals surface area contributed by atoms with Gasteiger partial charge >= 0.3 is 0 Å². The highest BCUT2D eigenvalue weighted by Crippen LogP contribution is 2.32. The van der Waals surface area contributed by atoms with Crippen LogP contribution in [0, 0.1) is 0 Å². The first-order chi connectivity index (χ1) is 9.52. The number of rotatable bonds is 1. The molecule has 6 heteroatoms. The number of nitrogens with zero attached hydrogens (tertiary/aromatic N) is 1. The number of imide groups is 1. The van der Waals surface area contributed by atoms with Crippen molar-refractivity contribution >= 4 is 35.0 Å². The molecule has 5 nitrogen and oxygen atoms in total. The van der Waals surface area contributed by atoms with Gasteiger partial charge in [-0.25, -0.2) is 4.90 Å². The molecule has 1 saturated heterocycles. The summed E-state index contributed by atoms with van der Waals surface area (Å²) in [6, 6.07) is 6.19. The van der Waals surface area contributed by atoms with E-state index >= 15 is 0 Å². The highest BCUT2D eigenvalue weighted by molar-refractivity contribution is 6.50. The van der Waals surface area contributed by atoms with E-state index in [2.05, 4.69) is 0 Å². The van der Waals surface area contributed by atoms with E-state index in [4.69, 9.17) is 11.6 Å². The molecule has 1 heterocycles. The quantitative estimate of drug-likeness (QED) is 0.746. The molecule has 2 amide bonds. The smallest absolute Gasteiger partial charge is 0.234 e. The van der Waals surface area contributed by atoms with Crippen molar-refractivity contribution in [2.24, 2.45) is 0 Å². The fourth-order valence-corrected chi connectivity index (χ4v) is 2.63. The lowest BCUT2D eigenvalue weighted by Crippen LogP contribution is -2.36. The largest absolute Gasteiger partial charge is 0.287 e. The van der Waals surface area contributed by atoms with Crippen LogP contribution in [0.3, 0.4) is 0 Å². The predicted octanol–water partition coefficient (Wildman–Crippen LogP) is 2.30. The molecule has 1 aliphatic heterocycles. The standard InChI is InChI=1S/C14H8ClNO4.CH4/c15-11-12(16-9(17)5-6-10(16)18)14(20)8-4-2-1-3-7(8)13(11)19;/h1-4H,5-6H2;1H4. The molecular weight excluding hydrogens is 294 g/mol. The van der Waals surface area contributed by atoms with Crippen LogP contribution in [0.15, 0.2) is 35.0 Å². The zero-order valence-electron chi connectivity index (χ0n) is 10.2. The number of fused-ring (bicyclic) bond motifs is 1. The van der Waals surface area contributed by atoms with Gasteiger partial charge in [0.2, 0.25) is 23.4 Å². The van der Waals surface area contributed by atoms with Gasteiger partial charge in [0.15, 0.2) is 0 Å². The van der Waals surface area contributed by atoms with Crippen molar-refractivity contribution in [2.75, 3.05) is 0 Å². The Labute approximate surface area is 126 Å². The summed E-state index contributed by atoms with van der Waals surface area (Å²) in [5.41, 5.74) is 0.0256. The molecule has 21 heavy (non-hydrogen) atoms. The lowest BCUT2D eigenvalue weighted by Gasteiger charge is -2.23. The molecule has 0 N–H and O–H groups in total. The summed E-state index contributed by atoms with van der Waals surface area (Å²) in [4.78, 5) is 48.8. The van der Waals surface area contributed by atoms with Gasteiger partial charge < -0.3 is 0 Å². The van der Waals surface area contributed by atoms with E-state index in [1.165, 1.54) is 12.1 Å². The van der Waals surface area contributed by atoms with Gasteiger partial charge in [-0.2, -0.15) is 0 Å². The lowest BCUT2D eigenvalue weighted by molar-refractivity contribution is -0.135. The van der Waals surface area contributed by atoms with E-state index in [1.807, 2.05) is 0 Å². The van der Waals surface area contributed by atoms with Crippen LogP contribution < -0.4 is 0 Å². The van der Waals surface area contributed by atoms with E-state index in [0.29, 0.717) is 0 Å². The normalized spacial score (nSPS) is 18.0. The SMILES string of the molecule is C.O=C1C(Cl)=C(N2C(=O)CCC2=O)C(=O)c2ccccc21. The van der Waals surface area contributed by atoms with Crippen LogP contribution in [0.5, 0.6) is 0 Å². The molecule has 0 saturated carbocycles. The van der Waals surface area contributed by atoms with Crippen LogP contribution in [0.1, 0.15) is 41.0 Å². The molecule has 3 rings (SSSR count). The Morgan fingerprint density at radius 3 is 1.86 bits per heavy atom. The maximum atomic E-state index is 12.4. The summed E-state index contributed by atoms with van der Waals surface area (Å²) in [5.74, 6) is -2.15. The first kappa shape index (κ1) is 15.1. The van der Waals surface area contributed by atoms with Crippen molar-refractivity contribution in [3.05, 3.63) is 46.1 Å². The van der Waals surface area contributed by atoms with Crippen molar-refractivity contribution in [3.63, 3.8) is 0 Å². The summed E-state index contributed by atoms with van der Waals surface area (Å²) < 4.78 is 0. The highest BCUT2D eigenvalue weighted by Gasteiger charge is 2.41. The number of benzene rings is 1. The number of carbonyl (C=O) groups excluding carboxylic acids is 4. The fraction of sp³-hybridized carbons (Fsp3) is 0.200. The Morgan fingerprint density at radius 2 is 1.33 bits per heavy atom. The minimum absolute atomic E-state index is 0. The van der Waals surface area contributed by atoms with Crippen molar-refractivity contribution in [2.45, 2.75) is 20.3 Å². The minimum Gasteiger partial charge on any atom is -0.287 e. The Hall–Kier alpha value is -2.27. The summed E-state index contributed by atoms with van der Waals surface area (Å²) in [6.45, 7) is 0. The summed E-state index contributed by atoms with van der Waals surface area (Å²) in [7, 11) is 0. The number of carbonyl (C=O) groups is 4. The number of hydrogen-bond acceptors (Lipinski definition) is 4. The van der Waals surface area contributed by atoms with Crippen LogP contribution >= 0.6 is 11.6 Å². The van der Waals surface area contributed by atoms with Gasteiger partial charge in [-0.1, -0.05) is 43.3 Å². The monoisotopic (exact) mass is 305 g/mol. The molecule has 0 bridgehead atoms. The molecule has 0 radical (unpaired) electrons. The fourth-order valence-electron chi connectivity index (χ4n) is 2.36. The second-order valence-electron chi connectivity index (χ2n) is 4.49. The van der Waals surface area contributed by atoms with Gasteiger partial charge in [-0.05, 0) is 0 Å². The highest BCUT2D eigenvalue weighted by atomic mass is 35.5. The van der Waals surface area contributed by atoms with E-state index in [-0.39, 0.29) is 42.1 Å². The third kappa shape index (κ3) is 2.10. The van der Waals surface area contributed by atoms with E-state index < -0.39 is 23.4 Å². The Bertz CT molecular complexity index is 704. The Kier molecular flexibility index (Phi) is 3.78. The Morgan fingerprint density at radius 1 is 0.857 bits per heavy atom. The number of hydrogen-bond donors (Lipinski definition) is 0. The second-order valence-corrected chi connectivity index (χ2v) is 4.87. The van der Waals surface area contributed by atoms with E-state index in [0.717, 1.165) is 4.90 Å². The van der Waals surface area contributed by atoms with Gasteiger partial charge in [0.25, 0.3) is 0 Å². The first-order valence-electron chi connectivity index (χ1n) is 5.96. The van der Waals surface area contributed by atoms with Crippen molar-refractivity contribution in [1.29, 1.82) is 0 Å². The number of likely N-dealkylation sites (tertiary alicyclic amines) is 1. The topological polar surface area (TPSA) is 71.5 Å². The lowest BCUT2D eigenvalue weighted by atomic mass is 9.92. The number of allylic oxidation sites excluding steroid dienone is 2. The summed E-state index contributed by atoms with van der Waals surface area (Å²) in [5, 5.41) is -0.377. The maximum absolute atomic E-state index is 12.4. The van der Waals surface area contributed by atoms with Gasteiger partial charge in [-0.15, -0.1) is 0 Å². The minimum atomic E-state index is -0.575. The molecule has 2 aliphatic rings. The van der Waals surface area contributed by atoms with Gasteiger partial charge in [-0.3, -0.25) is 19.2 Å². The van der Waals surface area contributed by atoms with Crippen LogP contribution in [0.2, 0.25) is 0 Å². The van der Waals surface area contributed by atoms with E-state index in [9.17, 15) is 19.2 Å². The second kappa shape index (κ2) is 5.26. The van der Waals surface area contributed by atoms with Crippen LogP contribution in [0.4, 0.5) is 0 Å². The molecule has 1 fully saturated rings. The molecule has 0 unspecified atom stereocenters. The van der Waals surface area contributed by atoms with Gasteiger partial charge in [0.1, 0.15) is 10.7 Å². The predicted molar refractivity (Wildman–Crippen MR) is 75.8 cm³/mol. The zero-order valence-corrected chi connectivity index (χ0v) is 10.9. The average Bonchev–Trinajstić information content (AvgIpc) is 2.77. The average molecular weight is 306 g/mol. The molecule has 1 aliphatic carbocycles. The van der Waals surface area contributed by atoms with Crippen LogP contribution in [-0.2, 0) is 9.59 Å². The molecule has 0 aromatic heterocycles. The van der Waals surface area contributed by atoms with Crippen molar-refractivity contribution < 1.29 is 19.2 Å². The number of amides is 2. The summed E-state index contributed by atoms with van der Waals surface area (Å²) >= 11 is 5.93. The third-order valence-electron chi connectivity index (χ3n) is 3.31. The maximum Gasteiger partial charge on any atom is 0.234 e. The van der Waals surface area contributed by atoms with Crippen LogP contribution in [0.25, 0.3) is 0 Å². The number of halogens is 1. The van der Waals surface area contributed by atoms with Gasteiger partial charge in [0, 0.05) is 24.0 Å². The van der Waals surface area contributed by atoms with Gasteiger partial charge in [0.05, 0.1) is 0 Å². The Balaban J connectivity index is 0.00000161. The van der Waals surface area contributed by atoms with Crippen molar-refractivity contribution in [3.8, 4) is 0 Å². The van der Waals surface area contributed by atoms with E-state index in [1.54, 1.807) is 12.1 Å². The molecule has 0 spiro atoms. The van der Waals surface area contributed by atoms with Crippen LogP contribution in [-0.4, -0.2) is 28.3 Å². The molecule has 1 aromatic rings. The molecule has 1 aromatic carbocycles. The molecular formula is C15H12ClNO4. The first-order valence-corrected chi connectivity index (χ1v) is 6.34. The molecule has 108 valence electrons. The zero-order chi connectivity index (χ0) is 14.4. The molecule has 0 atom stereocenters. The summed E-state index contributed by atoms with van der Waals surface area (Å²) in [6.07, 6.45) is 0.0469. The third-order valence-corrected chi connectivity index (χ3v) is 3.66. The number of Topliss-reactive ketones (excluding diaryl/α,β-unsaturated/α-hetero) is 2. The number of ketones is 2. The van der Waals surface area contributed by atoms with Crippen molar-refractivity contribution in [1.82, 2.24) is 4.90 Å².